The van der Waals surface area contributed by atoms with Crippen LogP contribution >= 0.6 is 12.4 Å². The van der Waals surface area contributed by atoms with E-state index >= 15 is 0 Å². The molecule has 0 unspecified atom stereocenters. The third-order valence-electron chi connectivity index (χ3n) is 4.14. The van der Waals surface area contributed by atoms with E-state index in [0.29, 0.717) is 6.42 Å². The van der Waals surface area contributed by atoms with Crippen LogP contribution in [0.2, 0.25) is 0 Å². The highest BCUT2D eigenvalue weighted by molar-refractivity contribution is 5.85. The molecule has 0 aliphatic heterocycles. The predicted molar refractivity (Wildman–Crippen MR) is 109 cm³/mol. The third kappa shape index (κ3) is 5.84. The van der Waals surface area contributed by atoms with Crippen molar-refractivity contribution in [2.24, 2.45) is 5.73 Å². The molecule has 0 amide bonds. The Hall–Kier alpha value is -2.82. The summed E-state index contributed by atoms with van der Waals surface area (Å²) in [6.07, 6.45) is 0.420. The summed E-state index contributed by atoms with van der Waals surface area (Å²) in [6.45, 7) is 0.229. The van der Waals surface area contributed by atoms with Gasteiger partial charge in [0.15, 0.2) is 0 Å². The number of carbonyl (C=O) groups is 1. The Bertz CT molecular complexity index is 849. The largest absolute Gasteiger partial charge is 0.508 e. The van der Waals surface area contributed by atoms with Gasteiger partial charge in [0.1, 0.15) is 18.4 Å². The zero-order valence-corrected chi connectivity index (χ0v) is 15.6. The molecule has 0 fully saturated rings. The molecule has 27 heavy (non-hydrogen) atoms. The van der Waals surface area contributed by atoms with Gasteiger partial charge in [0, 0.05) is 0 Å². The highest BCUT2D eigenvalue weighted by atomic mass is 35.5. The second-order valence-electron chi connectivity index (χ2n) is 6.15. The lowest BCUT2D eigenvalue weighted by atomic mass is 10.0. The van der Waals surface area contributed by atoms with Crippen LogP contribution in [0.5, 0.6) is 5.75 Å². The van der Waals surface area contributed by atoms with E-state index in [2.05, 4.69) is 0 Å². The van der Waals surface area contributed by atoms with Crippen LogP contribution < -0.4 is 5.73 Å². The Kier molecular flexibility index (Phi) is 7.41. The van der Waals surface area contributed by atoms with Crippen molar-refractivity contribution in [1.82, 2.24) is 0 Å². The third-order valence-corrected chi connectivity index (χ3v) is 4.14. The van der Waals surface area contributed by atoms with E-state index in [4.69, 9.17) is 10.5 Å². The second-order valence-corrected chi connectivity index (χ2v) is 6.15. The van der Waals surface area contributed by atoms with Crippen LogP contribution in [0.1, 0.15) is 11.1 Å². The molecule has 0 saturated carbocycles. The molecule has 140 valence electrons. The van der Waals surface area contributed by atoms with Gasteiger partial charge in [-0.25, -0.2) is 0 Å². The Morgan fingerprint density at radius 1 is 0.852 bits per heavy atom. The van der Waals surface area contributed by atoms with Crippen LogP contribution in [-0.4, -0.2) is 17.1 Å². The minimum Gasteiger partial charge on any atom is -0.508 e. The van der Waals surface area contributed by atoms with Crippen LogP contribution in [-0.2, 0) is 22.6 Å². The number of hydrogen-bond donors (Lipinski definition) is 2. The summed E-state index contributed by atoms with van der Waals surface area (Å²) in [5.41, 5.74) is 9.93. The lowest BCUT2D eigenvalue weighted by Crippen LogP contribution is -2.34. The highest BCUT2D eigenvalue weighted by Gasteiger charge is 2.16. The average Bonchev–Trinajstić information content (AvgIpc) is 2.68. The second kappa shape index (κ2) is 9.76. The minimum atomic E-state index is -0.696. The maximum absolute atomic E-state index is 12.1. The topological polar surface area (TPSA) is 72.5 Å². The van der Waals surface area contributed by atoms with Gasteiger partial charge in [-0.2, -0.15) is 0 Å². The van der Waals surface area contributed by atoms with Crippen LogP contribution in [0.25, 0.3) is 11.1 Å². The summed E-state index contributed by atoms with van der Waals surface area (Å²) >= 11 is 0. The Balaban J connectivity index is 0.00000261. The van der Waals surface area contributed by atoms with Gasteiger partial charge in [0.05, 0.1) is 0 Å². The van der Waals surface area contributed by atoms with Gasteiger partial charge in [0.2, 0.25) is 0 Å². The fourth-order valence-corrected chi connectivity index (χ4v) is 2.66. The van der Waals surface area contributed by atoms with Gasteiger partial charge >= 0.3 is 5.97 Å². The average molecular weight is 384 g/mol. The molecule has 0 heterocycles. The number of rotatable bonds is 6. The predicted octanol–water partition coefficient (Wildman–Crippen LogP) is 4.09. The van der Waals surface area contributed by atoms with E-state index in [1.807, 2.05) is 66.7 Å². The van der Waals surface area contributed by atoms with E-state index in [-0.39, 0.29) is 24.8 Å². The smallest absolute Gasteiger partial charge is 0.323 e. The van der Waals surface area contributed by atoms with E-state index in [1.165, 1.54) is 0 Å². The number of phenolic OH excluding ortho intramolecular Hbond substituents is 1. The quantitative estimate of drug-likeness (QED) is 0.629. The number of esters is 1. The van der Waals surface area contributed by atoms with Gasteiger partial charge in [0.25, 0.3) is 0 Å². The first-order valence-corrected chi connectivity index (χ1v) is 8.46. The van der Waals surface area contributed by atoms with E-state index in [0.717, 1.165) is 22.3 Å². The SMILES string of the molecule is Cl.N[C@@H](Cc1ccc(-c2ccc(O)cc2)cc1)C(=O)OCc1ccccc1. The van der Waals surface area contributed by atoms with E-state index < -0.39 is 12.0 Å². The Morgan fingerprint density at radius 2 is 1.41 bits per heavy atom. The number of halogens is 1. The van der Waals surface area contributed by atoms with Crippen LogP contribution in [0.15, 0.2) is 78.9 Å². The lowest BCUT2D eigenvalue weighted by molar-refractivity contribution is -0.146. The fourth-order valence-electron chi connectivity index (χ4n) is 2.66. The minimum absolute atomic E-state index is 0. The number of hydrogen-bond acceptors (Lipinski definition) is 4. The van der Waals surface area contributed by atoms with Gasteiger partial charge < -0.3 is 15.6 Å². The standard InChI is InChI=1S/C22H21NO3.ClH/c23-21(22(25)26-15-17-4-2-1-3-5-17)14-16-6-8-18(9-7-16)19-10-12-20(24)13-11-19;/h1-13,21,24H,14-15,23H2;1H/t21-;/m0./s1. The number of nitrogens with two attached hydrogens (primary N) is 1. The van der Waals surface area contributed by atoms with Crippen LogP contribution in [0, 0.1) is 0 Å². The van der Waals surface area contributed by atoms with Gasteiger partial charge in [-0.05, 0) is 40.8 Å². The number of ether oxygens (including phenoxy) is 1. The molecule has 0 aromatic heterocycles. The molecular formula is C22H22ClNO3. The summed E-state index contributed by atoms with van der Waals surface area (Å²) in [5, 5.41) is 9.36. The van der Waals surface area contributed by atoms with Crippen molar-refractivity contribution in [3.8, 4) is 16.9 Å². The molecule has 3 aromatic carbocycles. The number of phenols is 1. The monoisotopic (exact) mass is 383 g/mol. The first kappa shape index (κ1) is 20.5. The molecule has 1 atom stereocenters. The number of carbonyl (C=O) groups excluding carboxylic acids is 1. The van der Waals surface area contributed by atoms with Gasteiger partial charge in [-0.1, -0.05) is 66.7 Å². The molecule has 0 aliphatic rings. The molecule has 3 aromatic rings. The molecule has 3 rings (SSSR count). The van der Waals surface area contributed by atoms with Gasteiger partial charge in [-0.3, -0.25) is 4.79 Å². The summed E-state index contributed by atoms with van der Waals surface area (Å²) < 4.78 is 5.28. The van der Waals surface area contributed by atoms with Crippen LogP contribution in [0.4, 0.5) is 0 Å². The number of benzene rings is 3. The first-order chi connectivity index (χ1) is 12.6. The molecule has 0 bridgehead atoms. The van der Waals surface area contributed by atoms with Crippen molar-refractivity contribution in [3.63, 3.8) is 0 Å². The highest BCUT2D eigenvalue weighted by Crippen LogP contribution is 2.22. The molecule has 0 spiro atoms. The Morgan fingerprint density at radius 3 is 2.00 bits per heavy atom. The molecule has 0 saturated heterocycles. The van der Waals surface area contributed by atoms with Crippen molar-refractivity contribution in [2.45, 2.75) is 19.1 Å². The van der Waals surface area contributed by atoms with E-state index in [1.54, 1.807) is 12.1 Å². The summed E-state index contributed by atoms with van der Waals surface area (Å²) in [4.78, 5) is 12.1. The van der Waals surface area contributed by atoms with E-state index in [9.17, 15) is 9.90 Å². The fraction of sp³-hybridized carbons (Fsp3) is 0.136. The van der Waals surface area contributed by atoms with Crippen molar-refractivity contribution >= 4 is 18.4 Å². The Labute approximate surface area is 165 Å². The van der Waals surface area contributed by atoms with Crippen molar-refractivity contribution in [3.05, 3.63) is 90.0 Å². The summed E-state index contributed by atoms with van der Waals surface area (Å²) in [5.74, 6) is -0.165. The zero-order valence-electron chi connectivity index (χ0n) is 14.7. The first-order valence-electron chi connectivity index (χ1n) is 8.46. The molecule has 3 N–H and O–H groups in total. The zero-order chi connectivity index (χ0) is 18.4. The number of aromatic hydroxyl groups is 1. The molecule has 4 nitrogen and oxygen atoms in total. The van der Waals surface area contributed by atoms with Gasteiger partial charge in [-0.15, -0.1) is 12.4 Å². The van der Waals surface area contributed by atoms with Crippen molar-refractivity contribution in [2.75, 3.05) is 0 Å². The lowest BCUT2D eigenvalue weighted by Gasteiger charge is -2.12. The summed E-state index contributed by atoms with van der Waals surface area (Å²) in [7, 11) is 0. The summed E-state index contributed by atoms with van der Waals surface area (Å²) in [6, 6.07) is 23.7. The van der Waals surface area contributed by atoms with Crippen LogP contribution in [0.3, 0.4) is 0 Å². The molecule has 5 heteroatoms. The molecular weight excluding hydrogens is 362 g/mol. The normalized spacial score (nSPS) is 11.3. The molecule has 0 radical (unpaired) electrons. The maximum atomic E-state index is 12.1. The van der Waals surface area contributed by atoms with Crippen molar-refractivity contribution < 1.29 is 14.6 Å². The van der Waals surface area contributed by atoms with Crippen molar-refractivity contribution in [1.29, 1.82) is 0 Å². The maximum Gasteiger partial charge on any atom is 0.323 e. The molecule has 0 aliphatic carbocycles.